The molecule has 0 aliphatic carbocycles. The van der Waals surface area contributed by atoms with E-state index in [0.717, 1.165) is 135 Å². The second-order valence-electron chi connectivity index (χ2n) is 27.0. The molecule has 0 aliphatic heterocycles. The van der Waals surface area contributed by atoms with Gasteiger partial charge in [-0.15, -0.1) is 0 Å². The number of carbonyl (C=O) groups is 2. The molecule has 0 aromatic carbocycles. The van der Waals surface area contributed by atoms with Gasteiger partial charge in [-0.2, -0.15) is 0 Å². The smallest absolute Gasteiger partial charge is 0.306 e. The molecule has 2 atom stereocenters. The van der Waals surface area contributed by atoms with Crippen LogP contribution in [0.1, 0.15) is 309 Å². The maximum absolute atomic E-state index is 12.9. The number of rotatable bonds is 71. The predicted octanol–water partition coefficient (Wildman–Crippen LogP) is 26.0. The van der Waals surface area contributed by atoms with Gasteiger partial charge < -0.3 is 27.9 Å². The zero-order valence-electron chi connectivity index (χ0n) is 63.4. The topological polar surface area (TPSA) is 111 Å². The maximum atomic E-state index is 12.9. The molecule has 0 aromatic heterocycles. The molecule has 0 saturated heterocycles. The largest absolute Gasteiger partial charge is 0.756 e. The molecule has 98 heavy (non-hydrogen) atoms. The van der Waals surface area contributed by atoms with Crippen LogP contribution in [0, 0.1) is 0 Å². The summed E-state index contributed by atoms with van der Waals surface area (Å²) in [6.45, 7) is 4.02. The van der Waals surface area contributed by atoms with Gasteiger partial charge in [0.05, 0.1) is 27.7 Å². The van der Waals surface area contributed by atoms with E-state index in [1.54, 1.807) is 0 Å². The molecule has 0 fully saturated rings. The van der Waals surface area contributed by atoms with Crippen LogP contribution in [0.15, 0.2) is 182 Å². The first-order valence-electron chi connectivity index (χ1n) is 39.5. The van der Waals surface area contributed by atoms with E-state index in [4.69, 9.17) is 18.5 Å². The van der Waals surface area contributed by atoms with E-state index < -0.39 is 26.5 Å². The zero-order chi connectivity index (χ0) is 71.1. The number of phosphoric acid groups is 1. The van der Waals surface area contributed by atoms with Gasteiger partial charge in [0, 0.05) is 12.8 Å². The minimum absolute atomic E-state index is 0.0379. The number of allylic oxidation sites excluding steroid dienone is 30. The van der Waals surface area contributed by atoms with Crippen molar-refractivity contribution in [2.24, 2.45) is 0 Å². The summed E-state index contributed by atoms with van der Waals surface area (Å²) in [7, 11) is 1.15. The first-order chi connectivity index (χ1) is 48.0. The molecule has 0 bridgehead atoms. The Labute approximate surface area is 603 Å². The Hall–Kier alpha value is -4.89. The molecule has 9 nitrogen and oxygen atoms in total. The van der Waals surface area contributed by atoms with Crippen molar-refractivity contribution in [1.29, 1.82) is 0 Å². The van der Waals surface area contributed by atoms with Gasteiger partial charge in [0.2, 0.25) is 0 Å². The predicted molar refractivity (Wildman–Crippen MR) is 424 cm³/mol. The van der Waals surface area contributed by atoms with E-state index in [1.165, 1.54) is 141 Å². The average Bonchev–Trinajstić information content (AvgIpc) is 1.08. The lowest BCUT2D eigenvalue weighted by Gasteiger charge is -2.28. The maximum Gasteiger partial charge on any atom is 0.306 e. The Morgan fingerprint density at radius 1 is 0.316 bits per heavy atom. The van der Waals surface area contributed by atoms with E-state index in [1.807, 2.05) is 21.1 Å². The minimum Gasteiger partial charge on any atom is -0.756 e. The highest BCUT2D eigenvalue weighted by molar-refractivity contribution is 7.45. The fourth-order valence-corrected chi connectivity index (χ4v) is 11.2. The molecule has 556 valence electrons. The van der Waals surface area contributed by atoms with Crippen LogP contribution >= 0.6 is 7.82 Å². The summed E-state index contributed by atoms with van der Waals surface area (Å²) < 4.78 is 34.4. The van der Waals surface area contributed by atoms with Crippen molar-refractivity contribution in [2.45, 2.75) is 315 Å². The summed E-state index contributed by atoms with van der Waals surface area (Å²) in [5.41, 5.74) is 0. The normalized spacial score (nSPS) is 14.1. The molecule has 0 heterocycles. The number of unbranched alkanes of at least 4 members (excludes halogenated alkanes) is 27. The van der Waals surface area contributed by atoms with E-state index in [9.17, 15) is 19.0 Å². The van der Waals surface area contributed by atoms with Crippen molar-refractivity contribution in [2.75, 3.05) is 47.5 Å². The SMILES string of the molecule is CC/C=C\C/C=C\C/C=C\C/C=C\C/C=C\C/C=C\C/C=C\C/C=C\C/C=C\CCCCCCCCCCCCCCCC(=O)OC(COC(=O)CCCCCCCCCCCCCCCC/C=C\C/C=C\C/C=C\C/C=C\C/C=C\C/C=C\CC)COP(=O)([O-])OCC[N+](C)(C)C. The van der Waals surface area contributed by atoms with Crippen LogP contribution in [0.3, 0.4) is 0 Å². The summed E-state index contributed by atoms with van der Waals surface area (Å²) in [5.74, 6) is -0.837. The van der Waals surface area contributed by atoms with Gasteiger partial charge in [-0.1, -0.05) is 344 Å². The molecular formula is C88H146NO8P. The fourth-order valence-electron chi connectivity index (χ4n) is 10.5. The van der Waals surface area contributed by atoms with E-state index in [-0.39, 0.29) is 32.0 Å². The van der Waals surface area contributed by atoms with Gasteiger partial charge in [0.25, 0.3) is 7.82 Å². The van der Waals surface area contributed by atoms with E-state index in [0.29, 0.717) is 17.4 Å². The number of quaternary nitrogens is 1. The molecule has 0 spiro atoms. The summed E-state index contributed by atoms with van der Waals surface area (Å²) >= 11 is 0. The molecule has 0 amide bonds. The Bertz CT molecular complexity index is 2320. The van der Waals surface area contributed by atoms with Crippen LogP contribution < -0.4 is 4.89 Å². The Kier molecular flexibility index (Phi) is 72.5. The monoisotopic (exact) mass is 1380 g/mol. The van der Waals surface area contributed by atoms with Gasteiger partial charge in [-0.05, 0) is 135 Å². The Morgan fingerprint density at radius 2 is 0.551 bits per heavy atom. The van der Waals surface area contributed by atoms with Crippen molar-refractivity contribution in [3.05, 3.63) is 182 Å². The third-order valence-electron chi connectivity index (χ3n) is 16.4. The van der Waals surface area contributed by atoms with Crippen molar-refractivity contribution < 1.29 is 42.1 Å². The number of phosphoric ester groups is 1. The Balaban J connectivity index is 4.04. The number of ether oxygens (including phenoxy) is 2. The van der Waals surface area contributed by atoms with E-state index >= 15 is 0 Å². The Morgan fingerprint density at radius 3 is 0.816 bits per heavy atom. The number of carbonyl (C=O) groups excluding carboxylic acids is 2. The number of nitrogens with zero attached hydrogens (tertiary/aromatic N) is 1. The number of hydrogen-bond acceptors (Lipinski definition) is 8. The molecule has 0 aromatic rings. The highest BCUT2D eigenvalue weighted by Crippen LogP contribution is 2.38. The summed E-state index contributed by atoms with van der Waals surface area (Å²) in [5, 5.41) is 0. The number of hydrogen-bond donors (Lipinski definition) is 0. The summed E-state index contributed by atoms with van der Waals surface area (Å²) in [4.78, 5) is 38.2. The van der Waals surface area contributed by atoms with Crippen LogP contribution in [0.4, 0.5) is 0 Å². The van der Waals surface area contributed by atoms with Gasteiger partial charge in [-0.3, -0.25) is 14.2 Å². The molecule has 0 radical (unpaired) electrons. The standard InChI is InChI=1S/C88H146NO8P/c1-6-8-10-12-14-16-18-20-22-24-26-28-30-32-34-36-38-40-41-42-43-44-45-46-47-49-51-53-55-57-59-61-63-65-67-69-71-73-75-77-79-81-88(91)97-86(85-96-98(92,93)95-83-82-89(3,4)5)84-94-87(90)80-78-76-74-72-70-68-66-64-62-60-58-56-54-52-50-48-39-37-35-33-31-29-27-25-23-21-19-17-15-13-11-9-7-2/h8-11,14-17,20-23,26-29,32-35,38-40,42-43,45-46,48-49,51,86H,6-7,12-13,18-19,24-25,30-31,36-37,41,44,47,50,52-85H2,1-5H3/b10-8-,11-9-,16-14-,17-15-,22-20-,23-21-,28-26-,29-27-,34-32-,35-33-,40-38-,43-42-,46-45-,48-39-,51-49-. The fraction of sp³-hybridized carbons (Fsp3) is 0.636. The lowest BCUT2D eigenvalue weighted by Crippen LogP contribution is -2.37. The number of likely N-dealkylation sites (N-methyl/N-ethyl adjacent to an activating group) is 1. The van der Waals surface area contributed by atoms with Crippen LogP contribution in [-0.4, -0.2) is 70.0 Å². The van der Waals surface area contributed by atoms with Crippen molar-refractivity contribution in [3.8, 4) is 0 Å². The summed E-state index contributed by atoms with van der Waals surface area (Å²) in [6.07, 6.45) is 117. The molecule has 0 rings (SSSR count). The van der Waals surface area contributed by atoms with Crippen LogP contribution in [0.25, 0.3) is 0 Å². The lowest BCUT2D eigenvalue weighted by molar-refractivity contribution is -0.870. The molecule has 0 N–H and O–H groups in total. The molecule has 0 aliphatic rings. The summed E-state index contributed by atoms with van der Waals surface area (Å²) in [6, 6.07) is 0. The first kappa shape index (κ1) is 93.1. The molecule has 0 saturated carbocycles. The van der Waals surface area contributed by atoms with Gasteiger partial charge in [0.1, 0.15) is 19.8 Å². The van der Waals surface area contributed by atoms with Crippen molar-refractivity contribution in [1.82, 2.24) is 0 Å². The van der Waals surface area contributed by atoms with Crippen LogP contribution in [-0.2, 0) is 32.7 Å². The molecular weight excluding hydrogens is 1230 g/mol. The van der Waals surface area contributed by atoms with Crippen molar-refractivity contribution >= 4 is 19.8 Å². The highest BCUT2D eigenvalue weighted by atomic mass is 31.2. The van der Waals surface area contributed by atoms with Gasteiger partial charge in [0.15, 0.2) is 6.10 Å². The second kappa shape index (κ2) is 76.3. The van der Waals surface area contributed by atoms with Crippen LogP contribution in [0.2, 0.25) is 0 Å². The number of esters is 2. The second-order valence-corrected chi connectivity index (χ2v) is 28.4. The molecule has 10 heteroatoms. The third kappa shape index (κ3) is 80.1. The third-order valence-corrected chi connectivity index (χ3v) is 17.4. The zero-order valence-corrected chi connectivity index (χ0v) is 64.3. The minimum atomic E-state index is -4.66. The van der Waals surface area contributed by atoms with Gasteiger partial charge >= 0.3 is 11.9 Å². The molecule has 2 unspecified atom stereocenters. The van der Waals surface area contributed by atoms with Gasteiger partial charge in [-0.25, -0.2) is 0 Å². The van der Waals surface area contributed by atoms with Crippen LogP contribution in [0.5, 0.6) is 0 Å². The highest BCUT2D eigenvalue weighted by Gasteiger charge is 2.22. The van der Waals surface area contributed by atoms with E-state index in [2.05, 4.69) is 196 Å². The first-order valence-corrected chi connectivity index (χ1v) is 41.0. The lowest BCUT2D eigenvalue weighted by atomic mass is 10.0. The average molecular weight is 1380 g/mol. The van der Waals surface area contributed by atoms with Crippen molar-refractivity contribution in [3.63, 3.8) is 0 Å². The quantitative estimate of drug-likeness (QED) is 0.0195.